The minimum Gasteiger partial charge on any atom is -0.495 e. The molecule has 1 saturated carbocycles. The Kier molecular flexibility index (Phi) is 6.94. The summed E-state index contributed by atoms with van der Waals surface area (Å²) in [4.78, 5) is 39.4. The standard InChI is InChI=1S/C27H37N7O3/c1-27(2)16-34(19-8-6-5-7-9-19)23-21(33(3)25(27)36)15-29-26(32-23)31-20-11-10-17(12-22(20)37-4)24(35)30-18-13-28-14-18/h10-12,15,18-19,28H,5-9,13-14,16H2,1-4H3,(H,30,35)(H,29,31,32). The number of hydrogen-bond donors (Lipinski definition) is 3. The molecule has 0 spiro atoms. The highest BCUT2D eigenvalue weighted by Crippen LogP contribution is 2.40. The van der Waals surface area contributed by atoms with Crippen LogP contribution in [0.4, 0.5) is 23.1 Å². The first-order valence-electron chi connectivity index (χ1n) is 13.2. The number of fused-ring (bicyclic) bond motifs is 1. The van der Waals surface area contributed by atoms with Crippen molar-refractivity contribution in [2.45, 2.75) is 58.0 Å². The third-order valence-electron chi connectivity index (χ3n) is 7.67. The second kappa shape index (κ2) is 10.2. The fraction of sp³-hybridized carbons (Fsp3) is 0.556. The van der Waals surface area contributed by atoms with Gasteiger partial charge in [-0.25, -0.2) is 4.98 Å². The average Bonchev–Trinajstić information content (AvgIpc) is 2.95. The smallest absolute Gasteiger partial charge is 0.251 e. The molecule has 37 heavy (non-hydrogen) atoms. The second-order valence-corrected chi connectivity index (χ2v) is 10.9. The molecule has 2 aliphatic heterocycles. The number of nitrogens with zero attached hydrogens (tertiary/aromatic N) is 4. The molecule has 198 valence electrons. The SMILES string of the molecule is COc1cc(C(=O)NC2CNC2)ccc1Nc1ncc2c(n1)N(C1CCCCC1)CC(C)(C)C(=O)N2C. The van der Waals surface area contributed by atoms with Crippen LogP contribution in [-0.4, -0.2) is 67.7 Å². The van der Waals surface area contributed by atoms with Gasteiger partial charge in [-0.1, -0.05) is 19.3 Å². The van der Waals surface area contributed by atoms with Crippen LogP contribution in [0, 0.1) is 5.41 Å². The Bertz CT molecular complexity index is 1170. The molecule has 2 amide bonds. The number of amides is 2. The minimum absolute atomic E-state index is 0.0598. The van der Waals surface area contributed by atoms with Gasteiger partial charge in [0.1, 0.15) is 11.4 Å². The predicted molar refractivity (Wildman–Crippen MR) is 144 cm³/mol. The Morgan fingerprint density at radius 3 is 2.62 bits per heavy atom. The van der Waals surface area contributed by atoms with Gasteiger partial charge in [-0.3, -0.25) is 9.59 Å². The number of nitrogens with one attached hydrogen (secondary N) is 3. The molecule has 1 aromatic heterocycles. The van der Waals surface area contributed by atoms with Crippen molar-refractivity contribution in [3.8, 4) is 5.75 Å². The molecular formula is C27H37N7O3. The second-order valence-electron chi connectivity index (χ2n) is 10.9. The van der Waals surface area contributed by atoms with Gasteiger partial charge in [-0.05, 0) is 44.9 Å². The van der Waals surface area contributed by atoms with Gasteiger partial charge in [0.25, 0.3) is 5.91 Å². The normalized spacial score (nSPS) is 20.1. The zero-order chi connectivity index (χ0) is 26.2. The van der Waals surface area contributed by atoms with Gasteiger partial charge in [0.2, 0.25) is 11.9 Å². The first-order chi connectivity index (χ1) is 17.8. The summed E-state index contributed by atoms with van der Waals surface area (Å²) in [5.74, 6) is 1.64. The van der Waals surface area contributed by atoms with Crippen LogP contribution in [0.15, 0.2) is 24.4 Å². The van der Waals surface area contributed by atoms with Crippen LogP contribution in [0.1, 0.15) is 56.3 Å². The van der Waals surface area contributed by atoms with E-state index < -0.39 is 5.41 Å². The number of carbonyl (C=O) groups excluding carboxylic acids is 2. The van der Waals surface area contributed by atoms with Crippen LogP contribution in [-0.2, 0) is 4.79 Å². The van der Waals surface area contributed by atoms with Crippen molar-refractivity contribution in [1.29, 1.82) is 0 Å². The molecule has 10 nitrogen and oxygen atoms in total. The maximum atomic E-state index is 13.3. The minimum atomic E-state index is -0.546. The molecule has 1 aliphatic carbocycles. The lowest BCUT2D eigenvalue weighted by Gasteiger charge is -2.38. The number of carbonyl (C=O) groups is 2. The van der Waals surface area contributed by atoms with Gasteiger partial charge in [-0.2, -0.15) is 4.98 Å². The van der Waals surface area contributed by atoms with E-state index in [9.17, 15) is 9.59 Å². The van der Waals surface area contributed by atoms with Crippen molar-refractivity contribution in [2.75, 3.05) is 48.9 Å². The van der Waals surface area contributed by atoms with E-state index in [4.69, 9.17) is 9.72 Å². The van der Waals surface area contributed by atoms with E-state index in [2.05, 4.69) is 25.8 Å². The van der Waals surface area contributed by atoms with E-state index >= 15 is 0 Å². The summed E-state index contributed by atoms with van der Waals surface area (Å²) in [6.07, 6.45) is 7.53. The van der Waals surface area contributed by atoms with Crippen molar-refractivity contribution in [1.82, 2.24) is 20.6 Å². The summed E-state index contributed by atoms with van der Waals surface area (Å²) in [5.41, 5.74) is 1.36. The Balaban J connectivity index is 1.44. The number of benzene rings is 1. The molecule has 3 aliphatic rings. The summed E-state index contributed by atoms with van der Waals surface area (Å²) in [7, 11) is 3.37. The van der Waals surface area contributed by atoms with E-state index in [1.807, 2.05) is 13.8 Å². The lowest BCUT2D eigenvalue weighted by Crippen LogP contribution is -2.56. The summed E-state index contributed by atoms with van der Waals surface area (Å²) in [6.45, 7) is 6.18. The fourth-order valence-corrected chi connectivity index (χ4v) is 5.42. The van der Waals surface area contributed by atoms with E-state index in [0.717, 1.165) is 37.4 Å². The summed E-state index contributed by atoms with van der Waals surface area (Å²) >= 11 is 0. The Morgan fingerprint density at radius 1 is 1.19 bits per heavy atom. The quantitative estimate of drug-likeness (QED) is 0.547. The van der Waals surface area contributed by atoms with Crippen molar-refractivity contribution in [2.24, 2.45) is 5.41 Å². The van der Waals surface area contributed by atoms with E-state index in [-0.39, 0.29) is 17.9 Å². The van der Waals surface area contributed by atoms with Crippen molar-refractivity contribution in [3.63, 3.8) is 0 Å². The molecule has 3 heterocycles. The van der Waals surface area contributed by atoms with Gasteiger partial charge in [0.05, 0.1) is 30.5 Å². The largest absolute Gasteiger partial charge is 0.495 e. The lowest BCUT2D eigenvalue weighted by molar-refractivity contribution is -0.125. The predicted octanol–water partition coefficient (Wildman–Crippen LogP) is 3.07. The third kappa shape index (κ3) is 5.07. The van der Waals surface area contributed by atoms with Crippen molar-refractivity contribution in [3.05, 3.63) is 30.0 Å². The zero-order valence-electron chi connectivity index (χ0n) is 22.1. The Hall–Kier alpha value is -3.40. The average molecular weight is 508 g/mol. The number of methoxy groups -OCH3 is 1. The first kappa shape index (κ1) is 25.3. The Labute approximate surface area is 218 Å². The fourth-order valence-electron chi connectivity index (χ4n) is 5.42. The molecule has 5 rings (SSSR count). The van der Waals surface area contributed by atoms with E-state index in [1.165, 1.54) is 19.3 Å². The first-order valence-corrected chi connectivity index (χ1v) is 13.2. The number of anilines is 4. The maximum Gasteiger partial charge on any atom is 0.251 e. The molecule has 0 atom stereocenters. The van der Waals surface area contributed by atoms with Gasteiger partial charge < -0.3 is 30.5 Å². The summed E-state index contributed by atoms with van der Waals surface area (Å²) < 4.78 is 5.59. The zero-order valence-corrected chi connectivity index (χ0v) is 22.1. The number of aromatic nitrogens is 2. The monoisotopic (exact) mass is 507 g/mol. The molecule has 1 aromatic carbocycles. The van der Waals surface area contributed by atoms with Crippen LogP contribution >= 0.6 is 0 Å². The highest BCUT2D eigenvalue weighted by atomic mass is 16.5. The summed E-state index contributed by atoms with van der Waals surface area (Å²) in [6, 6.07) is 5.79. The third-order valence-corrected chi connectivity index (χ3v) is 7.67. The van der Waals surface area contributed by atoms with Gasteiger partial charge in [-0.15, -0.1) is 0 Å². The number of ether oxygens (including phenoxy) is 1. The van der Waals surface area contributed by atoms with E-state index in [0.29, 0.717) is 35.5 Å². The van der Waals surface area contributed by atoms with E-state index in [1.54, 1.807) is 43.5 Å². The molecule has 0 unspecified atom stereocenters. The maximum absolute atomic E-state index is 13.3. The van der Waals surface area contributed by atoms with Gasteiger partial charge >= 0.3 is 0 Å². The molecule has 3 N–H and O–H groups in total. The molecule has 2 aromatic rings. The summed E-state index contributed by atoms with van der Waals surface area (Å²) in [5, 5.41) is 9.43. The highest BCUT2D eigenvalue weighted by Gasteiger charge is 2.41. The van der Waals surface area contributed by atoms with Crippen molar-refractivity contribution < 1.29 is 14.3 Å². The Morgan fingerprint density at radius 2 is 1.95 bits per heavy atom. The van der Waals surface area contributed by atoms with Crippen LogP contribution in [0.5, 0.6) is 5.75 Å². The lowest BCUT2D eigenvalue weighted by atomic mass is 9.88. The van der Waals surface area contributed by atoms with Crippen LogP contribution in [0.25, 0.3) is 0 Å². The van der Waals surface area contributed by atoms with Crippen LogP contribution < -0.4 is 30.5 Å². The number of rotatable bonds is 6. The molecule has 2 fully saturated rings. The van der Waals surface area contributed by atoms with Gasteiger partial charge in [0, 0.05) is 38.3 Å². The van der Waals surface area contributed by atoms with Crippen LogP contribution in [0.2, 0.25) is 0 Å². The van der Waals surface area contributed by atoms with Crippen molar-refractivity contribution >= 4 is 35.0 Å². The molecular weight excluding hydrogens is 470 g/mol. The highest BCUT2D eigenvalue weighted by molar-refractivity contribution is 6.01. The molecule has 1 saturated heterocycles. The van der Waals surface area contributed by atoms with Gasteiger partial charge in [0.15, 0.2) is 5.82 Å². The number of hydrogen-bond acceptors (Lipinski definition) is 8. The topological polar surface area (TPSA) is 112 Å². The van der Waals surface area contributed by atoms with Crippen LogP contribution in [0.3, 0.4) is 0 Å². The molecule has 0 radical (unpaired) electrons. The molecule has 10 heteroatoms. The molecule has 0 bridgehead atoms.